The van der Waals surface area contributed by atoms with Crippen molar-refractivity contribution >= 4 is 11.6 Å². The standard InChI is InChI=1S/C9H7ClFNO/c1-13-5-6-2-7(4-12)9(11)8(10)3-6/h2-3H,5H2,1H3. The van der Waals surface area contributed by atoms with E-state index in [1.807, 2.05) is 0 Å². The first-order valence-corrected chi connectivity index (χ1v) is 3.93. The van der Waals surface area contributed by atoms with Crippen LogP contribution in [0, 0.1) is 17.1 Å². The van der Waals surface area contributed by atoms with Gasteiger partial charge in [-0.05, 0) is 17.7 Å². The molecule has 0 unspecified atom stereocenters. The summed E-state index contributed by atoms with van der Waals surface area (Å²) in [5, 5.41) is 8.50. The molecule has 0 saturated carbocycles. The first-order valence-electron chi connectivity index (χ1n) is 3.56. The first kappa shape index (κ1) is 9.97. The number of nitrogens with zero attached hydrogens (tertiary/aromatic N) is 1. The summed E-state index contributed by atoms with van der Waals surface area (Å²) in [6.45, 7) is 0.314. The van der Waals surface area contributed by atoms with E-state index in [2.05, 4.69) is 0 Å². The van der Waals surface area contributed by atoms with E-state index < -0.39 is 5.82 Å². The molecule has 0 fully saturated rings. The molecule has 1 aromatic rings. The molecule has 0 heterocycles. The maximum atomic E-state index is 13.0. The fraction of sp³-hybridized carbons (Fsp3) is 0.222. The zero-order chi connectivity index (χ0) is 9.84. The fourth-order valence-electron chi connectivity index (χ4n) is 0.977. The average Bonchev–Trinajstić information content (AvgIpc) is 2.11. The van der Waals surface area contributed by atoms with E-state index in [0.29, 0.717) is 12.2 Å². The van der Waals surface area contributed by atoms with E-state index >= 15 is 0 Å². The summed E-state index contributed by atoms with van der Waals surface area (Å²) in [6.07, 6.45) is 0. The van der Waals surface area contributed by atoms with Gasteiger partial charge in [0.25, 0.3) is 0 Å². The third-order valence-electron chi connectivity index (χ3n) is 1.52. The van der Waals surface area contributed by atoms with Gasteiger partial charge in [0.1, 0.15) is 6.07 Å². The molecule has 0 aliphatic rings. The Labute approximate surface area is 80.5 Å². The highest BCUT2D eigenvalue weighted by Gasteiger charge is 2.08. The second-order valence-electron chi connectivity index (χ2n) is 2.48. The van der Waals surface area contributed by atoms with E-state index in [1.54, 1.807) is 6.07 Å². The summed E-state index contributed by atoms with van der Waals surface area (Å²) in [5.74, 6) is -0.677. The number of nitriles is 1. The third-order valence-corrected chi connectivity index (χ3v) is 1.79. The van der Waals surface area contributed by atoms with E-state index in [4.69, 9.17) is 21.6 Å². The van der Waals surface area contributed by atoms with Gasteiger partial charge in [0.2, 0.25) is 0 Å². The van der Waals surface area contributed by atoms with Gasteiger partial charge < -0.3 is 4.74 Å². The fourth-order valence-corrected chi connectivity index (χ4v) is 1.22. The van der Waals surface area contributed by atoms with E-state index in [9.17, 15) is 4.39 Å². The lowest BCUT2D eigenvalue weighted by atomic mass is 10.1. The Kier molecular flexibility index (Phi) is 3.24. The van der Waals surface area contributed by atoms with Crippen molar-refractivity contribution < 1.29 is 9.13 Å². The summed E-state index contributed by atoms with van der Waals surface area (Å²) in [4.78, 5) is 0. The number of halogens is 2. The Morgan fingerprint density at radius 2 is 2.31 bits per heavy atom. The Bertz CT molecular complexity index is 359. The van der Waals surface area contributed by atoms with Crippen LogP contribution in [0.4, 0.5) is 4.39 Å². The topological polar surface area (TPSA) is 33.0 Å². The van der Waals surface area contributed by atoms with Crippen molar-refractivity contribution in [1.29, 1.82) is 5.26 Å². The molecule has 0 saturated heterocycles. The van der Waals surface area contributed by atoms with Crippen molar-refractivity contribution in [1.82, 2.24) is 0 Å². The normalized spacial score (nSPS) is 9.69. The van der Waals surface area contributed by atoms with Crippen LogP contribution in [0.25, 0.3) is 0 Å². The summed E-state index contributed by atoms with van der Waals surface area (Å²) < 4.78 is 17.9. The van der Waals surface area contributed by atoms with Crippen molar-refractivity contribution in [3.05, 3.63) is 34.1 Å². The summed E-state index contributed by atoms with van der Waals surface area (Å²) in [5.41, 5.74) is 0.630. The summed E-state index contributed by atoms with van der Waals surface area (Å²) >= 11 is 5.55. The van der Waals surface area contributed by atoms with Crippen LogP contribution in [0.1, 0.15) is 11.1 Å². The van der Waals surface area contributed by atoms with Gasteiger partial charge >= 0.3 is 0 Å². The van der Waals surface area contributed by atoms with Crippen molar-refractivity contribution in [2.45, 2.75) is 6.61 Å². The predicted molar refractivity (Wildman–Crippen MR) is 46.8 cm³/mol. The van der Waals surface area contributed by atoms with Crippen LogP contribution in [0.2, 0.25) is 5.02 Å². The lowest BCUT2D eigenvalue weighted by Crippen LogP contribution is -1.92. The van der Waals surface area contributed by atoms with E-state index in [0.717, 1.165) is 0 Å². The Morgan fingerprint density at radius 3 is 2.85 bits per heavy atom. The molecule has 0 bridgehead atoms. The molecule has 1 aromatic carbocycles. The first-order chi connectivity index (χ1) is 6.19. The number of benzene rings is 1. The molecule has 68 valence electrons. The van der Waals surface area contributed by atoms with Crippen molar-refractivity contribution in [2.24, 2.45) is 0 Å². The molecule has 0 aliphatic carbocycles. The van der Waals surface area contributed by atoms with Gasteiger partial charge in [0.15, 0.2) is 5.82 Å². The molecule has 0 aliphatic heterocycles. The maximum Gasteiger partial charge on any atom is 0.159 e. The predicted octanol–water partition coefficient (Wildman–Crippen LogP) is 2.50. The molecule has 0 atom stereocenters. The molecule has 0 radical (unpaired) electrons. The molecule has 0 aromatic heterocycles. The number of rotatable bonds is 2. The second-order valence-corrected chi connectivity index (χ2v) is 2.89. The number of methoxy groups -OCH3 is 1. The van der Waals surface area contributed by atoms with Gasteiger partial charge in [-0.2, -0.15) is 5.26 Å². The van der Waals surface area contributed by atoms with E-state index in [-0.39, 0.29) is 10.6 Å². The van der Waals surface area contributed by atoms with Crippen LogP contribution in [-0.2, 0) is 11.3 Å². The van der Waals surface area contributed by atoms with Crippen LogP contribution < -0.4 is 0 Å². The molecular formula is C9H7ClFNO. The van der Waals surface area contributed by atoms with Gasteiger partial charge in [0, 0.05) is 7.11 Å². The molecule has 13 heavy (non-hydrogen) atoms. The van der Waals surface area contributed by atoms with Crippen LogP contribution in [0.15, 0.2) is 12.1 Å². The van der Waals surface area contributed by atoms with Gasteiger partial charge in [-0.25, -0.2) is 4.39 Å². The molecule has 0 spiro atoms. The molecule has 2 nitrogen and oxygen atoms in total. The van der Waals surface area contributed by atoms with Gasteiger partial charge in [-0.15, -0.1) is 0 Å². The summed E-state index contributed by atoms with van der Waals surface area (Å²) in [6, 6.07) is 4.59. The molecule has 0 N–H and O–H groups in total. The molecule has 1 rings (SSSR count). The summed E-state index contributed by atoms with van der Waals surface area (Å²) in [7, 11) is 1.52. The van der Waals surface area contributed by atoms with Crippen molar-refractivity contribution in [3.8, 4) is 6.07 Å². The van der Waals surface area contributed by atoms with Crippen LogP contribution in [0.3, 0.4) is 0 Å². The van der Waals surface area contributed by atoms with E-state index in [1.165, 1.54) is 19.2 Å². The smallest absolute Gasteiger partial charge is 0.159 e. The molecular weight excluding hydrogens is 193 g/mol. The Balaban J connectivity index is 3.16. The lowest BCUT2D eigenvalue weighted by Gasteiger charge is -2.02. The Hall–Kier alpha value is -1.11. The van der Waals surface area contributed by atoms with Crippen LogP contribution in [0.5, 0.6) is 0 Å². The highest BCUT2D eigenvalue weighted by atomic mass is 35.5. The highest BCUT2D eigenvalue weighted by molar-refractivity contribution is 6.30. The number of hydrogen-bond donors (Lipinski definition) is 0. The second kappa shape index (κ2) is 4.22. The minimum absolute atomic E-state index is 0.0499. The van der Waals surface area contributed by atoms with Crippen LogP contribution in [-0.4, -0.2) is 7.11 Å². The molecule has 0 amide bonds. The molecule has 4 heteroatoms. The largest absolute Gasteiger partial charge is 0.380 e. The zero-order valence-electron chi connectivity index (χ0n) is 6.97. The monoisotopic (exact) mass is 199 g/mol. The van der Waals surface area contributed by atoms with Gasteiger partial charge in [-0.3, -0.25) is 0 Å². The zero-order valence-corrected chi connectivity index (χ0v) is 7.73. The quantitative estimate of drug-likeness (QED) is 0.733. The number of ether oxygens (including phenoxy) is 1. The van der Waals surface area contributed by atoms with Crippen molar-refractivity contribution in [2.75, 3.05) is 7.11 Å². The highest BCUT2D eigenvalue weighted by Crippen LogP contribution is 2.20. The van der Waals surface area contributed by atoms with Crippen LogP contribution >= 0.6 is 11.6 Å². The number of hydrogen-bond acceptors (Lipinski definition) is 2. The SMILES string of the molecule is COCc1cc(Cl)c(F)c(C#N)c1. The van der Waals surface area contributed by atoms with Gasteiger partial charge in [-0.1, -0.05) is 11.6 Å². The third kappa shape index (κ3) is 2.18. The lowest BCUT2D eigenvalue weighted by molar-refractivity contribution is 0.185. The van der Waals surface area contributed by atoms with Gasteiger partial charge in [0.05, 0.1) is 17.2 Å². The maximum absolute atomic E-state index is 13.0. The minimum Gasteiger partial charge on any atom is -0.380 e. The van der Waals surface area contributed by atoms with Crippen molar-refractivity contribution in [3.63, 3.8) is 0 Å². The minimum atomic E-state index is -0.677. The Morgan fingerprint density at radius 1 is 1.62 bits per heavy atom. The average molecular weight is 200 g/mol.